The molecule has 29 heavy (non-hydrogen) atoms. The highest BCUT2D eigenvalue weighted by atomic mass is 16.5. The van der Waals surface area contributed by atoms with E-state index in [-0.39, 0.29) is 37.2 Å². The van der Waals surface area contributed by atoms with Crippen molar-refractivity contribution in [2.45, 2.75) is 13.3 Å². The van der Waals surface area contributed by atoms with Crippen LogP contribution in [0.25, 0.3) is 0 Å². The summed E-state index contributed by atoms with van der Waals surface area (Å²) in [6, 6.07) is 14.1. The number of piperazine rings is 1. The molecule has 0 unspecified atom stereocenters. The highest BCUT2D eigenvalue weighted by Crippen LogP contribution is 2.18. The minimum absolute atomic E-state index is 0.00341. The van der Waals surface area contributed by atoms with Gasteiger partial charge in [-0.15, -0.1) is 0 Å². The molecule has 0 aromatic heterocycles. The molecular weight excluding hydrogens is 372 g/mol. The van der Waals surface area contributed by atoms with Gasteiger partial charge in [-0.05, 0) is 30.7 Å². The summed E-state index contributed by atoms with van der Waals surface area (Å²) >= 11 is 0. The first kappa shape index (κ1) is 20.5. The molecule has 154 valence electrons. The Balaban J connectivity index is 1.37. The van der Waals surface area contributed by atoms with Crippen molar-refractivity contribution in [2.75, 3.05) is 39.4 Å². The molecule has 1 heterocycles. The normalized spacial score (nSPS) is 13.8. The Kier molecular flexibility index (Phi) is 6.94. The number of benzene rings is 2. The van der Waals surface area contributed by atoms with Gasteiger partial charge in [0.05, 0.1) is 13.0 Å². The summed E-state index contributed by atoms with van der Waals surface area (Å²) in [5.41, 5.74) is 0.989. The fraction of sp³-hybridized carbons (Fsp3) is 0.364. The molecule has 7 nitrogen and oxygen atoms in total. The fourth-order valence-electron chi connectivity index (χ4n) is 3.14. The Morgan fingerprint density at radius 3 is 2.31 bits per heavy atom. The van der Waals surface area contributed by atoms with E-state index < -0.39 is 0 Å². The first-order valence-corrected chi connectivity index (χ1v) is 9.69. The Morgan fingerprint density at radius 1 is 0.931 bits per heavy atom. The summed E-state index contributed by atoms with van der Waals surface area (Å²) in [4.78, 5) is 28.2. The van der Waals surface area contributed by atoms with Crippen molar-refractivity contribution < 1.29 is 24.2 Å². The van der Waals surface area contributed by atoms with Crippen LogP contribution in [0.3, 0.4) is 0 Å². The maximum Gasteiger partial charge on any atom is 0.260 e. The molecule has 1 aliphatic rings. The monoisotopic (exact) mass is 398 g/mol. The third-order valence-corrected chi connectivity index (χ3v) is 4.83. The van der Waals surface area contributed by atoms with E-state index in [1.807, 2.05) is 31.2 Å². The van der Waals surface area contributed by atoms with Crippen LogP contribution in [-0.4, -0.2) is 66.1 Å². The molecule has 2 amide bonds. The summed E-state index contributed by atoms with van der Waals surface area (Å²) in [7, 11) is 0. The SMILES string of the molecule is Cc1ccccc1OCC(=O)N1CCN(C(=O)CCOc2cccc(O)c2)CC1. The Morgan fingerprint density at radius 2 is 1.62 bits per heavy atom. The van der Waals surface area contributed by atoms with Gasteiger partial charge in [0, 0.05) is 32.2 Å². The molecular formula is C22H26N2O5. The van der Waals surface area contributed by atoms with Gasteiger partial charge in [-0.1, -0.05) is 24.3 Å². The van der Waals surface area contributed by atoms with Crippen LogP contribution in [0, 0.1) is 6.92 Å². The highest BCUT2D eigenvalue weighted by molar-refractivity contribution is 5.79. The van der Waals surface area contributed by atoms with E-state index in [1.54, 1.807) is 28.0 Å². The van der Waals surface area contributed by atoms with Crippen LogP contribution in [-0.2, 0) is 9.59 Å². The van der Waals surface area contributed by atoms with Crippen LogP contribution in [0.5, 0.6) is 17.2 Å². The molecule has 0 bridgehead atoms. The second-order valence-corrected chi connectivity index (χ2v) is 6.91. The second-order valence-electron chi connectivity index (χ2n) is 6.91. The van der Waals surface area contributed by atoms with Crippen LogP contribution in [0.4, 0.5) is 0 Å². The van der Waals surface area contributed by atoms with E-state index in [2.05, 4.69) is 0 Å². The fourth-order valence-corrected chi connectivity index (χ4v) is 3.14. The van der Waals surface area contributed by atoms with Crippen molar-refractivity contribution in [1.29, 1.82) is 0 Å². The Labute approximate surface area is 170 Å². The van der Waals surface area contributed by atoms with Gasteiger partial charge in [-0.3, -0.25) is 9.59 Å². The van der Waals surface area contributed by atoms with Gasteiger partial charge < -0.3 is 24.4 Å². The first-order valence-electron chi connectivity index (χ1n) is 9.69. The molecule has 2 aromatic rings. The number of hydrogen-bond acceptors (Lipinski definition) is 5. The third-order valence-electron chi connectivity index (χ3n) is 4.83. The van der Waals surface area contributed by atoms with E-state index in [1.165, 1.54) is 6.07 Å². The molecule has 0 aliphatic carbocycles. The highest BCUT2D eigenvalue weighted by Gasteiger charge is 2.24. The summed E-state index contributed by atoms with van der Waals surface area (Å²) in [6.45, 7) is 4.17. The molecule has 1 aliphatic heterocycles. The lowest BCUT2D eigenvalue weighted by atomic mass is 10.2. The number of carbonyl (C=O) groups is 2. The van der Waals surface area contributed by atoms with Crippen LogP contribution in [0.15, 0.2) is 48.5 Å². The number of aromatic hydroxyl groups is 1. The van der Waals surface area contributed by atoms with Crippen molar-refractivity contribution in [3.63, 3.8) is 0 Å². The Bertz CT molecular complexity index is 847. The average molecular weight is 398 g/mol. The van der Waals surface area contributed by atoms with Gasteiger partial charge in [-0.25, -0.2) is 0 Å². The maximum atomic E-state index is 12.4. The summed E-state index contributed by atoms with van der Waals surface area (Å²) in [5, 5.41) is 9.42. The number of para-hydroxylation sites is 1. The van der Waals surface area contributed by atoms with E-state index in [0.29, 0.717) is 37.7 Å². The van der Waals surface area contributed by atoms with Crippen molar-refractivity contribution in [3.05, 3.63) is 54.1 Å². The number of hydrogen-bond donors (Lipinski definition) is 1. The molecule has 1 fully saturated rings. The number of phenols is 1. The van der Waals surface area contributed by atoms with E-state index in [9.17, 15) is 14.7 Å². The van der Waals surface area contributed by atoms with Crippen molar-refractivity contribution in [1.82, 2.24) is 9.80 Å². The maximum absolute atomic E-state index is 12.4. The van der Waals surface area contributed by atoms with Gasteiger partial charge in [0.1, 0.15) is 17.2 Å². The third kappa shape index (κ3) is 5.88. The number of rotatable bonds is 7. The number of nitrogens with zero attached hydrogens (tertiary/aromatic N) is 2. The van der Waals surface area contributed by atoms with Gasteiger partial charge >= 0.3 is 0 Å². The predicted molar refractivity (Wildman–Crippen MR) is 108 cm³/mol. The quantitative estimate of drug-likeness (QED) is 0.774. The molecule has 3 rings (SSSR count). The number of amides is 2. The van der Waals surface area contributed by atoms with Crippen molar-refractivity contribution in [2.24, 2.45) is 0 Å². The van der Waals surface area contributed by atoms with Crippen molar-refractivity contribution >= 4 is 11.8 Å². The van der Waals surface area contributed by atoms with Gasteiger partial charge in [0.2, 0.25) is 5.91 Å². The Hall–Kier alpha value is -3.22. The zero-order valence-electron chi connectivity index (χ0n) is 16.5. The van der Waals surface area contributed by atoms with Crippen LogP contribution >= 0.6 is 0 Å². The standard InChI is InChI=1S/C22H26N2O5/c1-17-5-2-3-8-20(17)29-16-22(27)24-12-10-23(11-13-24)21(26)9-14-28-19-7-4-6-18(25)15-19/h2-8,15,25H,9-14,16H2,1H3. The zero-order chi connectivity index (χ0) is 20.6. The topological polar surface area (TPSA) is 79.3 Å². The van der Waals surface area contributed by atoms with Crippen LogP contribution < -0.4 is 9.47 Å². The lowest BCUT2D eigenvalue weighted by Gasteiger charge is -2.34. The zero-order valence-corrected chi connectivity index (χ0v) is 16.5. The average Bonchev–Trinajstić information content (AvgIpc) is 2.73. The molecule has 0 saturated carbocycles. The van der Waals surface area contributed by atoms with Crippen LogP contribution in [0.1, 0.15) is 12.0 Å². The summed E-state index contributed by atoms with van der Waals surface area (Å²) in [6.07, 6.45) is 0.250. The molecule has 1 saturated heterocycles. The van der Waals surface area contributed by atoms with Crippen molar-refractivity contribution in [3.8, 4) is 17.2 Å². The molecule has 0 atom stereocenters. The van der Waals surface area contributed by atoms with E-state index >= 15 is 0 Å². The smallest absolute Gasteiger partial charge is 0.260 e. The molecule has 0 spiro atoms. The molecule has 0 radical (unpaired) electrons. The van der Waals surface area contributed by atoms with E-state index in [4.69, 9.17) is 9.47 Å². The first-order chi connectivity index (χ1) is 14.0. The molecule has 7 heteroatoms. The second kappa shape index (κ2) is 9.82. The summed E-state index contributed by atoms with van der Waals surface area (Å²) in [5.74, 6) is 1.28. The minimum atomic E-state index is -0.0763. The number of carbonyl (C=O) groups excluding carboxylic acids is 2. The van der Waals surface area contributed by atoms with E-state index in [0.717, 1.165) is 5.56 Å². The minimum Gasteiger partial charge on any atom is -0.508 e. The lowest BCUT2D eigenvalue weighted by Crippen LogP contribution is -2.51. The number of ether oxygens (including phenoxy) is 2. The molecule has 2 aromatic carbocycles. The predicted octanol–water partition coefficient (Wildman–Crippen LogP) is 2.22. The van der Waals surface area contributed by atoms with Gasteiger partial charge in [-0.2, -0.15) is 0 Å². The lowest BCUT2D eigenvalue weighted by molar-refractivity contribution is -0.141. The summed E-state index contributed by atoms with van der Waals surface area (Å²) < 4.78 is 11.1. The number of aryl methyl sites for hydroxylation is 1. The van der Waals surface area contributed by atoms with Crippen LogP contribution in [0.2, 0.25) is 0 Å². The largest absolute Gasteiger partial charge is 0.508 e. The number of phenolic OH excluding ortho intramolecular Hbond substituents is 1. The van der Waals surface area contributed by atoms with Gasteiger partial charge in [0.15, 0.2) is 6.61 Å². The van der Waals surface area contributed by atoms with Gasteiger partial charge in [0.25, 0.3) is 5.91 Å². The molecule has 1 N–H and O–H groups in total.